The van der Waals surface area contributed by atoms with Crippen LogP contribution in [0.4, 0.5) is 5.69 Å². The average Bonchev–Trinajstić information content (AvgIpc) is 2.46. The zero-order valence-electron chi connectivity index (χ0n) is 12.5. The molecule has 0 bridgehead atoms. The van der Waals surface area contributed by atoms with Gasteiger partial charge in [-0.25, -0.2) is 0 Å². The van der Waals surface area contributed by atoms with E-state index >= 15 is 0 Å². The molecular weight excluding hydrogens is 234 g/mol. The highest BCUT2D eigenvalue weighted by molar-refractivity contribution is 5.45. The normalized spacial score (nSPS) is 25.1. The summed E-state index contributed by atoms with van der Waals surface area (Å²) in [7, 11) is 2.19. The van der Waals surface area contributed by atoms with Gasteiger partial charge in [0.15, 0.2) is 0 Å². The van der Waals surface area contributed by atoms with Crippen LogP contribution < -0.4 is 10.6 Å². The summed E-state index contributed by atoms with van der Waals surface area (Å²) in [4.78, 5) is 6.90. The van der Waals surface area contributed by atoms with E-state index in [-0.39, 0.29) is 6.04 Å². The zero-order valence-corrected chi connectivity index (χ0v) is 12.5. The highest BCUT2D eigenvalue weighted by atomic mass is 15.1. The first kappa shape index (κ1) is 14.3. The van der Waals surface area contributed by atoms with Crippen LogP contribution in [0.1, 0.15) is 57.7 Å². The van der Waals surface area contributed by atoms with Crippen molar-refractivity contribution < 1.29 is 0 Å². The van der Waals surface area contributed by atoms with Gasteiger partial charge in [0.2, 0.25) is 0 Å². The number of anilines is 1. The predicted molar refractivity (Wildman–Crippen MR) is 81.3 cm³/mol. The maximum absolute atomic E-state index is 6.00. The number of hydrogen-bond donors (Lipinski definition) is 1. The Morgan fingerprint density at radius 2 is 2.00 bits per heavy atom. The molecule has 1 aliphatic carbocycles. The van der Waals surface area contributed by atoms with Crippen LogP contribution in [-0.4, -0.2) is 18.1 Å². The van der Waals surface area contributed by atoms with Gasteiger partial charge in [-0.3, -0.25) is 4.98 Å². The maximum Gasteiger partial charge on any atom is 0.0572 e. The molecule has 2 rings (SSSR count). The van der Waals surface area contributed by atoms with Gasteiger partial charge >= 0.3 is 0 Å². The second-order valence-electron chi connectivity index (χ2n) is 5.98. The largest absolute Gasteiger partial charge is 0.370 e. The summed E-state index contributed by atoms with van der Waals surface area (Å²) in [5.41, 5.74) is 8.21. The lowest BCUT2D eigenvalue weighted by Crippen LogP contribution is -2.34. The Morgan fingerprint density at radius 3 is 2.53 bits per heavy atom. The van der Waals surface area contributed by atoms with Crippen LogP contribution in [0.25, 0.3) is 0 Å². The minimum Gasteiger partial charge on any atom is -0.370 e. The van der Waals surface area contributed by atoms with Crippen LogP contribution in [0.15, 0.2) is 18.3 Å². The molecule has 1 aromatic heterocycles. The standard InChI is InChI=1S/C16H27N3/c1-4-15(17)16-10-9-14(11-18-16)19(3)13-7-5-12(2)6-8-13/h9-13,15H,4-8,17H2,1-3H3/t12?,13?,15-/m1/s1. The Balaban J connectivity index is 2.01. The molecule has 1 fully saturated rings. The molecule has 2 N–H and O–H groups in total. The van der Waals surface area contributed by atoms with Gasteiger partial charge in [-0.1, -0.05) is 13.8 Å². The Bertz CT molecular complexity index is 379. The summed E-state index contributed by atoms with van der Waals surface area (Å²) >= 11 is 0. The first-order valence-corrected chi connectivity index (χ1v) is 7.56. The van der Waals surface area contributed by atoms with Crippen LogP contribution >= 0.6 is 0 Å². The third-order valence-electron chi connectivity index (χ3n) is 4.53. The van der Waals surface area contributed by atoms with Crippen LogP contribution in [-0.2, 0) is 0 Å². The summed E-state index contributed by atoms with van der Waals surface area (Å²) < 4.78 is 0. The van der Waals surface area contributed by atoms with Gasteiger partial charge in [0, 0.05) is 19.1 Å². The molecule has 0 unspecified atom stereocenters. The maximum atomic E-state index is 6.00. The van der Waals surface area contributed by atoms with Crippen LogP contribution in [0, 0.1) is 5.92 Å². The Hall–Kier alpha value is -1.09. The predicted octanol–water partition coefficient (Wildman–Crippen LogP) is 3.51. The van der Waals surface area contributed by atoms with Crippen molar-refractivity contribution in [2.75, 3.05) is 11.9 Å². The molecule has 0 spiro atoms. The van der Waals surface area contributed by atoms with Crippen molar-refractivity contribution in [3.63, 3.8) is 0 Å². The SMILES string of the molecule is CC[C@@H](N)c1ccc(N(C)C2CCC(C)CC2)cn1. The summed E-state index contributed by atoms with van der Waals surface area (Å²) in [6.45, 7) is 4.45. The van der Waals surface area contributed by atoms with Gasteiger partial charge in [0.05, 0.1) is 17.6 Å². The minimum absolute atomic E-state index is 0.0647. The van der Waals surface area contributed by atoms with E-state index in [0.29, 0.717) is 6.04 Å². The van der Waals surface area contributed by atoms with E-state index in [0.717, 1.165) is 18.0 Å². The van der Waals surface area contributed by atoms with Gasteiger partial charge in [0.1, 0.15) is 0 Å². The lowest BCUT2D eigenvalue weighted by atomic mass is 9.86. The fraction of sp³-hybridized carbons (Fsp3) is 0.688. The van der Waals surface area contributed by atoms with Crippen molar-refractivity contribution in [2.24, 2.45) is 11.7 Å². The molecule has 0 aromatic carbocycles. The second-order valence-corrected chi connectivity index (χ2v) is 5.98. The first-order chi connectivity index (χ1) is 9.11. The van der Waals surface area contributed by atoms with Crippen LogP contribution in [0.3, 0.4) is 0 Å². The molecule has 0 radical (unpaired) electrons. The molecule has 19 heavy (non-hydrogen) atoms. The molecule has 0 aliphatic heterocycles. The zero-order chi connectivity index (χ0) is 13.8. The molecule has 3 heteroatoms. The lowest BCUT2D eigenvalue weighted by molar-refractivity contribution is 0.340. The van der Waals surface area contributed by atoms with Crippen LogP contribution in [0.2, 0.25) is 0 Å². The molecule has 1 atom stereocenters. The van der Waals surface area contributed by atoms with Crippen molar-refractivity contribution in [1.82, 2.24) is 4.98 Å². The summed E-state index contributed by atoms with van der Waals surface area (Å²) in [6.07, 6.45) is 8.20. The van der Waals surface area contributed by atoms with Gasteiger partial charge in [-0.15, -0.1) is 0 Å². The summed E-state index contributed by atoms with van der Waals surface area (Å²) in [6, 6.07) is 4.97. The van der Waals surface area contributed by atoms with Crippen molar-refractivity contribution in [3.8, 4) is 0 Å². The molecule has 0 saturated heterocycles. The second kappa shape index (κ2) is 6.38. The topological polar surface area (TPSA) is 42.1 Å². The van der Waals surface area contributed by atoms with Crippen LogP contribution in [0.5, 0.6) is 0 Å². The van der Waals surface area contributed by atoms with E-state index < -0.39 is 0 Å². The molecular formula is C16H27N3. The fourth-order valence-corrected chi connectivity index (χ4v) is 2.88. The number of rotatable bonds is 4. The number of hydrogen-bond acceptors (Lipinski definition) is 3. The van der Waals surface area contributed by atoms with E-state index in [1.54, 1.807) is 0 Å². The molecule has 1 saturated carbocycles. The first-order valence-electron chi connectivity index (χ1n) is 7.56. The molecule has 106 valence electrons. The minimum atomic E-state index is 0.0647. The number of pyridine rings is 1. The third kappa shape index (κ3) is 3.47. The van der Waals surface area contributed by atoms with Crippen molar-refractivity contribution in [3.05, 3.63) is 24.0 Å². The van der Waals surface area contributed by atoms with Crippen molar-refractivity contribution >= 4 is 5.69 Å². The average molecular weight is 261 g/mol. The molecule has 1 aromatic rings. The molecule has 3 nitrogen and oxygen atoms in total. The quantitative estimate of drug-likeness (QED) is 0.902. The monoisotopic (exact) mass is 261 g/mol. The van der Waals surface area contributed by atoms with E-state index in [9.17, 15) is 0 Å². The Morgan fingerprint density at radius 1 is 1.32 bits per heavy atom. The van der Waals surface area contributed by atoms with Gasteiger partial charge in [-0.2, -0.15) is 0 Å². The Kier molecular flexibility index (Phi) is 4.81. The summed E-state index contributed by atoms with van der Waals surface area (Å²) in [5.74, 6) is 0.896. The molecule has 1 aliphatic rings. The number of nitrogens with two attached hydrogens (primary N) is 1. The van der Waals surface area contributed by atoms with Crippen molar-refractivity contribution in [1.29, 1.82) is 0 Å². The van der Waals surface area contributed by atoms with Crippen molar-refractivity contribution in [2.45, 2.75) is 58.0 Å². The fourth-order valence-electron chi connectivity index (χ4n) is 2.88. The van der Waals surface area contributed by atoms with E-state index in [1.807, 2.05) is 6.20 Å². The third-order valence-corrected chi connectivity index (χ3v) is 4.53. The Labute approximate surface area is 117 Å². The highest BCUT2D eigenvalue weighted by Crippen LogP contribution is 2.29. The lowest BCUT2D eigenvalue weighted by Gasteiger charge is -2.35. The smallest absolute Gasteiger partial charge is 0.0572 e. The highest BCUT2D eigenvalue weighted by Gasteiger charge is 2.22. The van der Waals surface area contributed by atoms with Gasteiger partial charge in [0.25, 0.3) is 0 Å². The molecule has 0 amide bonds. The van der Waals surface area contributed by atoms with E-state index in [2.05, 4.69) is 42.9 Å². The number of aromatic nitrogens is 1. The van der Waals surface area contributed by atoms with Gasteiger partial charge in [-0.05, 0) is 50.2 Å². The number of nitrogens with zero attached hydrogens (tertiary/aromatic N) is 2. The molecule has 1 heterocycles. The van der Waals surface area contributed by atoms with E-state index in [4.69, 9.17) is 5.73 Å². The van der Waals surface area contributed by atoms with E-state index in [1.165, 1.54) is 31.4 Å². The van der Waals surface area contributed by atoms with Gasteiger partial charge < -0.3 is 10.6 Å². The summed E-state index contributed by atoms with van der Waals surface area (Å²) in [5, 5.41) is 0.